The zero-order valence-corrected chi connectivity index (χ0v) is 8.07. The Balaban J connectivity index is 2.25. The minimum atomic E-state index is 0.846. The van der Waals surface area contributed by atoms with Crippen LogP contribution in [-0.2, 0) is 4.74 Å². The maximum absolute atomic E-state index is 4.96. The van der Waals surface area contributed by atoms with Crippen molar-refractivity contribution >= 4 is 6.08 Å². The Morgan fingerprint density at radius 1 is 1.23 bits per heavy atom. The SMILES string of the molecule is COCCC/C=C/c1ccccc1. The maximum atomic E-state index is 4.96. The van der Waals surface area contributed by atoms with Gasteiger partial charge >= 0.3 is 0 Å². The molecule has 1 aromatic rings. The van der Waals surface area contributed by atoms with Crippen LogP contribution in [0.5, 0.6) is 0 Å². The zero-order chi connectivity index (χ0) is 9.36. The summed E-state index contributed by atoms with van der Waals surface area (Å²) in [5.41, 5.74) is 1.26. The molecule has 0 unspecified atom stereocenters. The Labute approximate surface area is 80.0 Å². The molecule has 1 heteroatoms. The minimum Gasteiger partial charge on any atom is -0.385 e. The number of hydrogen-bond donors (Lipinski definition) is 0. The lowest BCUT2D eigenvalue weighted by atomic mass is 10.2. The van der Waals surface area contributed by atoms with Gasteiger partial charge in [-0.3, -0.25) is 0 Å². The molecule has 0 saturated carbocycles. The van der Waals surface area contributed by atoms with Crippen LogP contribution in [0, 0.1) is 0 Å². The highest BCUT2D eigenvalue weighted by atomic mass is 16.5. The fraction of sp³-hybridized carbons (Fsp3) is 0.333. The van der Waals surface area contributed by atoms with Crippen molar-refractivity contribution in [3.63, 3.8) is 0 Å². The molecule has 0 N–H and O–H groups in total. The molecule has 0 saturated heterocycles. The smallest absolute Gasteiger partial charge is 0.0465 e. The van der Waals surface area contributed by atoms with Crippen LogP contribution in [0.2, 0.25) is 0 Å². The summed E-state index contributed by atoms with van der Waals surface area (Å²) in [7, 11) is 1.74. The van der Waals surface area contributed by atoms with Crippen molar-refractivity contribution in [2.24, 2.45) is 0 Å². The van der Waals surface area contributed by atoms with Gasteiger partial charge in [-0.25, -0.2) is 0 Å². The van der Waals surface area contributed by atoms with Crippen LogP contribution in [0.4, 0.5) is 0 Å². The van der Waals surface area contributed by atoms with Crippen LogP contribution < -0.4 is 0 Å². The van der Waals surface area contributed by atoms with Gasteiger partial charge in [-0.1, -0.05) is 42.5 Å². The number of methoxy groups -OCH3 is 1. The van der Waals surface area contributed by atoms with Crippen LogP contribution in [0.3, 0.4) is 0 Å². The van der Waals surface area contributed by atoms with E-state index < -0.39 is 0 Å². The number of allylic oxidation sites excluding steroid dienone is 1. The van der Waals surface area contributed by atoms with E-state index in [2.05, 4.69) is 36.4 Å². The molecule has 0 amide bonds. The van der Waals surface area contributed by atoms with Crippen LogP contribution in [0.1, 0.15) is 18.4 Å². The van der Waals surface area contributed by atoms with Gasteiger partial charge in [0.25, 0.3) is 0 Å². The minimum absolute atomic E-state index is 0.846. The second-order valence-electron chi connectivity index (χ2n) is 2.95. The van der Waals surface area contributed by atoms with Gasteiger partial charge in [-0.05, 0) is 18.4 Å². The summed E-state index contributed by atoms with van der Waals surface area (Å²) in [5, 5.41) is 0. The molecule has 0 spiro atoms. The van der Waals surface area contributed by atoms with Crippen molar-refractivity contribution in [1.29, 1.82) is 0 Å². The van der Waals surface area contributed by atoms with Crippen LogP contribution in [0.25, 0.3) is 6.08 Å². The van der Waals surface area contributed by atoms with Crippen molar-refractivity contribution in [3.05, 3.63) is 42.0 Å². The lowest BCUT2D eigenvalue weighted by molar-refractivity contribution is 0.196. The predicted octanol–water partition coefficient (Wildman–Crippen LogP) is 3.13. The number of unbranched alkanes of at least 4 members (excludes halogenated alkanes) is 1. The first kappa shape index (κ1) is 10.0. The quantitative estimate of drug-likeness (QED) is 0.626. The van der Waals surface area contributed by atoms with E-state index in [9.17, 15) is 0 Å². The Kier molecular flexibility index (Phi) is 4.95. The molecule has 0 heterocycles. The summed E-state index contributed by atoms with van der Waals surface area (Å²) in [6, 6.07) is 10.3. The largest absolute Gasteiger partial charge is 0.385 e. The highest BCUT2D eigenvalue weighted by Gasteiger charge is 1.83. The van der Waals surface area contributed by atoms with E-state index in [1.54, 1.807) is 7.11 Å². The first-order valence-corrected chi connectivity index (χ1v) is 4.64. The van der Waals surface area contributed by atoms with E-state index in [4.69, 9.17) is 4.74 Å². The molecule has 70 valence electrons. The summed E-state index contributed by atoms with van der Waals surface area (Å²) in [6.45, 7) is 0.846. The van der Waals surface area contributed by atoms with Crippen molar-refractivity contribution < 1.29 is 4.74 Å². The Bertz CT molecular complexity index is 239. The molecule has 1 rings (SSSR count). The topological polar surface area (TPSA) is 9.23 Å². The first-order valence-electron chi connectivity index (χ1n) is 4.64. The van der Waals surface area contributed by atoms with Gasteiger partial charge in [-0.15, -0.1) is 0 Å². The molecule has 0 aromatic heterocycles. The molecule has 0 aliphatic carbocycles. The van der Waals surface area contributed by atoms with Crippen molar-refractivity contribution in [1.82, 2.24) is 0 Å². The second-order valence-corrected chi connectivity index (χ2v) is 2.95. The van der Waals surface area contributed by atoms with E-state index in [0.29, 0.717) is 0 Å². The Morgan fingerprint density at radius 2 is 2.00 bits per heavy atom. The normalized spacial score (nSPS) is 10.8. The average molecular weight is 176 g/mol. The summed E-state index contributed by atoms with van der Waals surface area (Å²) in [4.78, 5) is 0. The highest BCUT2D eigenvalue weighted by Crippen LogP contribution is 2.02. The van der Waals surface area contributed by atoms with E-state index in [1.807, 2.05) is 6.07 Å². The molecule has 1 aromatic carbocycles. The number of benzene rings is 1. The molecule has 0 atom stereocenters. The highest BCUT2D eigenvalue weighted by molar-refractivity contribution is 5.48. The lowest BCUT2D eigenvalue weighted by Crippen LogP contribution is -1.85. The van der Waals surface area contributed by atoms with Gasteiger partial charge in [0, 0.05) is 13.7 Å². The van der Waals surface area contributed by atoms with Crippen LogP contribution in [-0.4, -0.2) is 13.7 Å². The second kappa shape index (κ2) is 6.44. The maximum Gasteiger partial charge on any atom is 0.0465 e. The average Bonchev–Trinajstić information content (AvgIpc) is 2.19. The molecule has 0 radical (unpaired) electrons. The van der Waals surface area contributed by atoms with Gasteiger partial charge in [0.05, 0.1) is 0 Å². The first-order chi connectivity index (χ1) is 6.43. The van der Waals surface area contributed by atoms with Crippen LogP contribution in [0.15, 0.2) is 36.4 Å². The van der Waals surface area contributed by atoms with Crippen LogP contribution >= 0.6 is 0 Å². The third-order valence-electron chi connectivity index (χ3n) is 1.83. The van der Waals surface area contributed by atoms with Gasteiger partial charge in [-0.2, -0.15) is 0 Å². The molecule has 0 fully saturated rings. The predicted molar refractivity (Wildman–Crippen MR) is 56.6 cm³/mol. The molecule has 0 bridgehead atoms. The molecular weight excluding hydrogens is 160 g/mol. The summed E-state index contributed by atoms with van der Waals surface area (Å²) in [6.07, 6.45) is 6.52. The fourth-order valence-corrected chi connectivity index (χ4v) is 1.13. The molecule has 1 nitrogen and oxygen atoms in total. The van der Waals surface area contributed by atoms with Crippen molar-refractivity contribution in [2.75, 3.05) is 13.7 Å². The number of rotatable bonds is 5. The Morgan fingerprint density at radius 3 is 2.69 bits per heavy atom. The third-order valence-corrected chi connectivity index (χ3v) is 1.83. The van der Waals surface area contributed by atoms with E-state index in [1.165, 1.54) is 5.56 Å². The standard InChI is InChI=1S/C12H16O/c1-13-11-7-3-6-10-12-8-4-2-5-9-12/h2,4-6,8-10H,3,7,11H2,1H3/b10-6+. The fourth-order valence-electron chi connectivity index (χ4n) is 1.13. The van der Waals surface area contributed by atoms with Gasteiger partial charge < -0.3 is 4.74 Å². The summed E-state index contributed by atoms with van der Waals surface area (Å²) in [5.74, 6) is 0. The van der Waals surface area contributed by atoms with Gasteiger partial charge in [0.1, 0.15) is 0 Å². The third kappa shape index (κ3) is 4.48. The summed E-state index contributed by atoms with van der Waals surface area (Å²) >= 11 is 0. The Hall–Kier alpha value is -1.08. The van der Waals surface area contributed by atoms with E-state index in [0.717, 1.165) is 19.4 Å². The zero-order valence-electron chi connectivity index (χ0n) is 8.07. The van der Waals surface area contributed by atoms with Crippen molar-refractivity contribution in [2.45, 2.75) is 12.8 Å². The molecule has 0 aliphatic rings. The van der Waals surface area contributed by atoms with Gasteiger partial charge in [0.15, 0.2) is 0 Å². The van der Waals surface area contributed by atoms with Crippen molar-refractivity contribution in [3.8, 4) is 0 Å². The number of hydrogen-bond acceptors (Lipinski definition) is 1. The monoisotopic (exact) mass is 176 g/mol. The summed E-state index contributed by atoms with van der Waals surface area (Å²) < 4.78 is 4.96. The molecule has 13 heavy (non-hydrogen) atoms. The number of ether oxygens (including phenoxy) is 1. The molecule has 0 aliphatic heterocycles. The van der Waals surface area contributed by atoms with E-state index in [-0.39, 0.29) is 0 Å². The van der Waals surface area contributed by atoms with Gasteiger partial charge in [0.2, 0.25) is 0 Å². The molecular formula is C12H16O. The van der Waals surface area contributed by atoms with E-state index >= 15 is 0 Å². The lowest BCUT2D eigenvalue weighted by Gasteiger charge is -1.94.